The van der Waals surface area contributed by atoms with E-state index in [-0.39, 0.29) is 5.91 Å². The van der Waals surface area contributed by atoms with Crippen molar-refractivity contribution in [2.75, 3.05) is 5.32 Å². The lowest BCUT2D eigenvalue weighted by atomic mass is 10.1. The standard InChI is InChI=1S/C14H17N3O/c1-11(2)10-14(18)16-12-4-6-13(7-5-12)17-9-3-8-15-17/h3-9,11H,10H2,1-2H3,(H,16,18). The number of nitrogens with one attached hydrogen (secondary N) is 1. The smallest absolute Gasteiger partial charge is 0.224 e. The Morgan fingerprint density at radius 1 is 1.33 bits per heavy atom. The molecule has 0 saturated heterocycles. The van der Waals surface area contributed by atoms with E-state index in [9.17, 15) is 4.79 Å². The van der Waals surface area contributed by atoms with Crippen LogP contribution in [0.1, 0.15) is 20.3 Å². The fourth-order valence-electron chi connectivity index (χ4n) is 1.70. The Bertz CT molecular complexity index is 500. The summed E-state index contributed by atoms with van der Waals surface area (Å²) in [4.78, 5) is 11.6. The van der Waals surface area contributed by atoms with Crippen LogP contribution < -0.4 is 5.32 Å². The second-order valence-electron chi connectivity index (χ2n) is 4.64. The zero-order valence-corrected chi connectivity index (χ0v) is 10.6. The van der Waals surface area contributed by atoms with Crippen molar-refractivity contribution in [1.82, 2.24) is 9.78 Å². The van der Waals surface area contributed by atoms with Gasteiger partial charge in [0.25, 0.3) is 0 Å². The van der Waals surface area contributed by atoms with E-state index >= 15 is 0 Å². The minimum Gasteiger partial charge on any atom is -0.326 e. The first-order valence-electron chi connectivity index (χ1n) is 6.05. The van der Waals surface area contributed by atoms with Crippen LogP contribution in [0.25, 0.3) is 5.69 Å². The molecule has 0 aliphatic carbocycles. The average Bonchev–Trinajstić information content (AvgIpc) is 2.82. The van der Waals surface area contributed by atoms with Gasteiger partial charge in [0.05, 0.1) is 5.69 Å². The molecular formula is C14H17N3O. The van der Waals surface area contributed by atoms with Crippen LogP contribution in [0.5, 0.6) is 0 Å². The Balaban J connectivity index is 2.02. The molecule has 2 rings (SSSR count). The molecule has 0 saturated carbocycles. The van der Waals surface area contributed by atoms with Crippen LogP contribution in [0.3, 0.4) is 0 Å². The van der Waals surface area contributed by atoms with Crippen LogP contribution in [-0.4, -0.2) is 15.7 Å². The fraction of sp³-hybridized carbons (Fsp3) is 0.286. The van der Waals surface area contributed by atoms with E-state index in [1.54, 1.807) is 10.9 Å². The van der Waals surface area contributed by atoms with Gasteiger partial charge < -0.3 is 5.32 Å². The number of amides is 1. The zero-order chi connectivity index (χ0) is 13.0. The number of carbonyl (C=O) groups excluding carboxylic acids is 1. The second-order valence-corrected chi connectivity index (χ2v) is 4.64. The minimum absolute atomic E-state index is 0.0526. The van der Waals surface area contributed by atoms with E-state index in [0.29, 0.717) is 12.3 Å². The molecule has 0 atom stereocenters. The molecule has 4 nitrogen and oxygen atoms in total. The molecule has 1 amide bonds. The van der Waals surface area contributed by atoms with Crippen molar-refractivity contribution in [3.63, 3.8) is 0 Å². The number of anilines is 1. The van der Waals surface area contributed by atoms with Crippen molar-refractivity contribution >= 4 is 11.6 Å². The lowest BCUT2D eigenvalue weighted by Gasteiger charge is -2.08. The van der Waals surface area contributed by atoms with Gasteiger partial charge in [-0.25, -0.2) is 4.68 Å². The zero-order valence-electron chi connectivity index (χ0n) is 10.6. The number of hydrogen-bond donors (Lipinski definition) is 1. The van der Waals surface area contributed by atoms with Gasteiger partial charge in [-0.05, 0) is 36.2 Å². The van der Waals surface area contributed by atoms with E-state index in [4.69, 9.17) is 0 Å². The van der Waals surface area contributed by atoms with Crippen molar-refractivity contribution in [1.29, 1.82) is 0 Å². The van der Waals surface area contributed by atoms with Gasteiger partial charge >= 0.3 is 0 Å². The van der Waals surface area contributed by atoms with Crippen LogP contribution in [0.15, 0.2) is 42.7 Å². The third-order valence-electron chi connectivity index (χ3n) is 2.51. The summed E-state index contributed by atoms with van der Waals surface area (Å²) in [5.41, 5.74) is 1.79. The van der Waals surface area contributed by atoms with E-state index in [1.165, 1.54) is 0 Å². The molecule has 0 aliphatic rings. The number of aromatic nitrogens is 2. The highest BCUT2D eigenvalue weighted by molar-refractivity contribution is 5.90. The Kier molecular flexibility index (Phi) is 3.77. The summed E-state index contributed by atoms with van der Waals surface area (Å²) >= 11 is 0. The van der Waals surface area contributed by atoms with Gasteiger partial charge in [-0.15, -0.1) is 0 Å². The maximum atomic E-state index is 11.6. The largest absolute Gasteiger partial charge is 0.326 e. The molecule has 0 radical (unpaired) electrons. The van der Waals surface area contributed by atoms with Gasteiger partial charge in [0.15, 0.2) is 0 Å². The average molecular weight is 243 g/mol. The molecule has 1 aromatic carbocycles. The van der Waals surface area contributed by atoms with Crippen LogP contribution in [0, 0.1) is 5.92 Å². The van der Waals surface area contributed by atoms with E-state index in [1.807, 2.05) is 50.4 Å². The monoisotopic (exact) mass is 243 g/mol. The number of hydrogen-bond acceptors (Lipinski definition) is 2. The van der Waals surface area contributed by atoms with E-state index in [0.717, 1.165) is 11.4 Å². The van der Waals surface area contributed by atoms with Crippen LogP contribution >= 0.6 is 0 Å². The number of rotatable bonds is 4. The summed E-state index contributed by atoms with van der Waals surface area (Å²) in [5.74, 6) is 0.421. The minimum atomic E-state index is 0.0526. The molecular weight excluding hydrogens is 226 g/mol. The highest BCUT2D eigenvalue weighted by atomic mass is 16.1. The summed E-state index contributed by atoms with van der Waals surface area (Å²) in [7, 11) is 0. The summed E-state index contributed by atoms with van der Waals surface area (Å²) in [6.45, 7) is 4.06. The van der Waals surface area contributed by atoms with Crippen LogP contribution in [0.4, 0.5) is 5.69 Å². The third-order valence-corrected chi connectivity index (χ3v) is 2.51. The van der Waals surface area contributed by atoms with E-state index in [2.05, 4.69) is 10.4 Å². The highest BCUT2D eigenvalue weighted by Crippen LogP contribution is 2.13. The molecule has 94 valence electrons. The Labute approximate surface area is 107 Å². The maximum absolute atomic E-state index is 11.6. The van der Waals surface area contributed by atoms with Crippen molar-refractivity contribution in [2.24, 2.45) is 5.92 Å². The Morgan fingerprint density at radius 2 is 2.06 bits per heavy atom. The lowest BCUT2D eigenvalue weighted by Crippen LogP contribution is -2.13. The summed E-state index contributed by atoms with van der Waals surface area (Å²) in [6, 6.07) is 9.50. The first-order valence-corrected chi connectivity index (χ1v) is 6.05. The van der Waals surface area contributed by atoms with Crippen LogP contribution in [-0.2, 0) is 4.79 Å². The molecule has 1 aromatic heterocycles. The first kappa shape index (κ1) is 12.4. The van der Waals surface area contributed by atoms with E-state index < -0.39 is 0 Å². The fourth-order valence-corrected chi connectivity index (χ4v) is 1.70. The molecule has 1 heterocycles. The predicted molar refractivity (Wildman–Crippen MR) is 71.6 cm³/mol. The predicted octanol–water partition coefficient (Wildman–Crippen LogP) is 2.86. The van der Waals surface area contributed by atoms with Gasteiger partial charge in [-0.3, -0.25) is 4.79 Å². The van der Waals surface area contributed by atoms with Gasteiger partial charge in [0.2, 0.25) is 5.91 Å². The Morgan fingerprint density at radius 3 is 2.61 bits per heavy atom. The maximum Gasteiger partial charge on any atom is 0.224 e. The number of nitrogens with zero attached hydrogens (tertiary/aromatic N) is 2. The highest BCUT2D eigenvalue weighted by Gasteiger charge is 2.05. The molecule has 1 N–H and O–H groups in total. The molecule has 0 aliphatic heterocycles. The summed E-state index contributed by atoms with van der Waals surface area (Å²) in [5, 5.41) is 7.02. The van der Waals surface area contributed by atoms with Gasteiger partial charge in [0.1, 0.15) is 0 Å². The van der Waals surface area contributed by atoms with Crippen molar-refractivity contribution in [3.8, 4) is 5.69 Å². The number of carbonyl (C=O) groups is 1. The first-order chi connectivity index (χ1) is 8.65. The topological polar surface area (TPSA) is 46.9 Å². The molecule has 18 heavy (non-hydrogen) atoms. The molecule has 4 heteroatoms. The molecule has 0 unspecified atom stereocenters. The third kappa shape index (κ3) is 3.20. The van der Waals surface area contributed by atoms with Crippen molar-refractivity contribution < 1.29 is 4.79 Å². The van der Waals surface area contributed by atoms with Gasteiger partial charge in [-0.2, -0.15) is 5.10 Å². The summed E-state index contributed by atoms with van der Waals surface area (Å²) < 4.78 is 1.78. The van der Waals surface area contributed by atoms with Crippen molar-refractivity contribution in [3.05, 3.63) is 42.7 Å². The molecule has 0 bridgehead atoms. The summed E-state index contributed by atoms with van der Waals surface area (Å²) in [6.07, 6.45) is 4.16. The normalized spacial score (nSPS) is 10.6. The van der Waals surface area contributed by atoms with Crippen molar-refractivity contribution in [2.45, 2.75) is 20.3 Å². The van der Waals surface area contributed by atoms with Crippen LogP contribution in [0.2, 0.25) is 0 Å². The van der Waals surface area contributed by atoms with Gasteiger partial charge in [0, 0.05) is 24.5 Å². The lowest BCUT2D eigenvalue weighted by molar-refractivity contribution is -0.116. The number of benzene rings is 1. The van der Waals surface area contributed by atoms with Gasteiger partial charge in [-0.1, -0.05) is 13.8 Å². The SMILES string of the molecule is CC(C)CC(=O)Nc1ccc(-n2cccn2)cc1. The molecule has 2 aromatic rings. The molecule has 0 spiro atoms. The quantitative estimate of drug-likeness (QED) is 0.897. The second kappa shape index (κ2) is 5.49. The Hall–Kier alpha value is -2.10. The molecule has 0 fully saturated rings.